The molecule has 7 nitrogen and oxygen atoms in total. The predicted octanol–water partition coefficient (Wildman–Crippen LogP) is 0.380. The molecule has 0 unspecified atom stereocenters. The molecule has 0 aliphatic carbocycles. The first-order valence-corrected chi connectivity index (χ1v) is 6.09. The first-order valence-electron chi connectivity index (χ1n) is 5.31. The third-order valence-corrected chi connectivity index (χ3v) is 2.37. The maximum Gasteiger partial charge on any atom is 0.255 e. The summed E-state index contributed by atoms with van der Waals surface area (Å²) >= 11 is 10.7. The van der Waals surface area contributed by atoms with Crippen LogP contribution in [-0.4, -0.2) is 31.0 Å². The highest BCUT2D eigenvalue weighted by atomic mass is 35.5. The lowest BCUT2D eigenvalue weighted by atomic mass is 10.2. The van der Waals surface area contributed by atoms with Gasteiger partial charge in [0, 0.05) is 0 Å². The maximum absolute atomic E-state index is 10.7. The fraction of sp³-hybridized carbons (Fsp3) is 0.182. The van der Waals surface area contributed by atoms with Crippen LogP contribution in [0, 0.1) is 0 Å². The molecule has 0 aromatic heterocycles. The van der Waals surface area contributed by atoms with Crippen LogP contribution in [0.4, 0.5) is 0 Å². The molecule has 0 fully saturated rings. The number of rotatable bonds is 6. The zero-order valence-electron chi connectivity index (χ0n) is 10.6. The summed E-state index contributed by atoms with van der Waals surface area (Å²) in [6, 6.07) is 3.19. The van der Waals surface area contributed by atoms with Gasteiger partial charge in [-0.2, -0.15) is 5.10 Å². The molecule has 20 heavy (non-hydrogen) atoms. The van der Waals surface area contributed by atoms with E-state index in [0.29, 0.717) is 11.3 Å². The van der Waals surface area contributed by atoms with Gasteiger partial charge in [0.1, 0.15) is 0 Å². The minimum Gasteiger partial charge on any atom is -0.493 e. The molecule has 1 rings (SSSR count). The quantitative estimate of drug-likeness (QED) is 0.397. The van der Waals surface area contributed by atoms with Crippen LogP contribution in [0.25, 0.3) is 0 Å². The normalized spacial score (nSPS) is 10.3. The molecule has 0 saturated carbocycles. The predicted molar refractivity (Wildman–Crippen MR) is 80.2 cm³/mol. The molecule has 1 aromatic rings. The average Bonchev–Trinajstić information content (AvgIpc) is 2.36. The zero-order chi connectivity index (χ0) is 15.1. The second-order valence-electron chi connectivity index (χ2n) is 3.52. The van der Waals surface area contributed by atoms with Crippen LogP contribution in [0.2, 0.25) is 5.02 Å². The molecule has 108 valence electrons. The average molecular weight is 317 g/mol. The Kier molecular flexibility index (Phi) is 6.01. The molecule has 9 heteroatoms. The van der Waals surface area contributed by atoms with Crippen LogP contribution in [0.3, 0.4) is 0 Å². The fourth-order valence-corrected chi connectivity index (χ4v) is 1.59. The van der Waals surface area contributed by atoms with E-state index in [-0.39, 0.29) is 22.5 Å². The van der Waals surface area contributed by atoms with Crippen molar-refractivity contribution in [2.75, 3.05) is 13.7 Å². The largest absolute Gasteiger partial charge is 0.493 e. The van der Waals surface area contributed by atoms with Gasteiger partial charge in [-0.25, -0.2) is 0 Å². The van der Waals surface area contributed by atoms with Gasteiger partial charge < -0.3 is 20.9 Å². The topological polar surface area (TPSA) is 112 Å². The van der Waals surface area contributed by atoms with Crippen LogP contribution in [0.5, 0.6) is 11.5 Å². The molecule has 0 heterocycles. The van der Waals surface area contributed by atoms with Crippen molar-refractivity contribution in [1.29, 1.82) is 0 Å². The van der Waals surface area contributed by atoms with Crippen molar-refractivity contribution >= 4 is 41.1 Å². The van der Waals surface area contributed by atoms with Gasteiger partial charge in [-0.15, -0.1) is 0 Å². The lowest BCUT2D eigenvalue weighted by molar-refractivity contribution is -0.119. The summed E-state index contributed by atoms with van der Waals surface area (Å²) in [5, 5.41) is 4.09. The number of hydrazone groups is 1. The highest BCUT2D eigenvalue weighted by Crippen LogP contribution is 2.35. The summed E-state index contributed by atoms with van der Waals surface area (Å²) in [6.07, 6.45) is 1.45. The number of hydrogen-bond donors (Lipinski definition) is 3. The van der Waals surface area contributed by atoms with Crippen molar-refractivity contribution < 1.29 is 14.3 Å². The number of carbonyl (C=O) groups excluding carboxylic acids is 1. The van der Waals surface area contributed by atoms with Gasteiger partial charge in [0.05, 0.1) is 18.3 Å². The van der Waals surface area contributed by atoms with Crippen molar-refractivity contribution in [3.8, 4) is 11.5 Å². The smallest absolute Gasteiger partial charge is 0.255 e. The summed E-state index contributed by atoms with van der Waals surface area (Å²) < 4.78 is 10.3. The second-order valence-corrected chi connectivity index (χ2v) is 4.37. The lowest BCUT2D eigenvalue weighted by Crippen LogP contribution is -2.24. The molecule has 0 bridgehead atoms. The Morgan fingerprint density at radius 2 is 2.25 bits per heavy atom. The standard InChI is InChI=1S/C11H13ClN4O3S/c1-18-8-3-6(4-15-16-11(14)20)2-7(12)10(8)19-5-9(13)17/h2-4H,5H2,1H3,(H2,13,17)(H3,14,16,20). The molecule has 1 aromatic carbocycles. The van der Waals surface area contributed by atoms with E-state index in [1.54, 1.807) is 12.1 Å². The van der Waals surface area contributed by atoms with E-state index >= 15 is 0 Å². The number of benzene rings is 1. The van der Waals surface area contributed by atoms with Crippen molar-refractivity contribution in [2.24, 2.45) is 16.6 Å². The third-order valence-electron chi connectivity index (χ3n) is 2.00. The Morgan fingerprint density at radius 1 is 1.55 bits per heavy atom. The van der Waals surface area contributed by atoms with Gasteiger partial charge >= 0.3 is 0 Å². The lowest BCUT2D eigenvalue weighted by Gasteiger charge is -2.12. The minimum absolute atomic E-state index is 0.0423. The number of thiocarbonyl (C=S) groups is 1. The number of methoxy groups -OCH3 is 1. The number of primary amides is 1. The number of nitrogens with two attached hydrogens (primary N) is 2. The molecule has 0 aliphatic heterocycles. The number of amides is 1. The number of ether oxygens (including phenoxy) is 2. The van der Waals surface area contributed by atoms with Gasteiger partial charge in [0.15, 0.2) is 23.2 Å². The Balaban J connectivity index is 2.97. The molecule has 1 amide bonds. The summed E-state index contributed by atoms with van der Waals surface area (Å²) in [4.78, 5) is 10.7. The van der Waals surface area contributed by atoms with Crippen molar-refractivity contribution in [2.45, 2.75) is 0 Å². The van der Waals surface area contributed by atoms with Crippen LogP contribution >= 0.6 is 23.8 Å². The molecule has 0 atom stereocenters. The molecule has 0 aliphatic rings. The molecule has 0 radical (unpaired) electrons. The van der Waals surface area contributed by atoms with E-state index in [9.17, 15) is 4.79 Å². The Bertz CT molecular complexity index is 551. The number of nitrogens with one attached hydrogen (secondary N) is 1. The summed E-state index contributed by atoms with van der Waals surface area (Å²) in [5.41, 5.74) is 13.3. The van der Waals surface area contributed by atoms with Gasteiger partial charge in [-0.1, -0.05) is 11.6 Å². The van der Waals surface area contributed by atoms with E-state index in [2.05, 4.69) is 22.7 Å². The fourth-order valence-electron chi connectivity index (χ4n) is 1.27. The Labute approximate surface area is 125 Å². The molecule has 0 spiro atoms. The van der Waals surface area contributed by atoms with Crippen molar-refractivity contribution in [3.63, 3.8) is 0 Å². The van der Waals surface area contributed by atoms with E-state index in [4.69, 9.17) is 32.5 Å². The zero-order valence-corrected chi connectivity index (χ0v) is 12.1. The van der Waals surface area contributed by atoms with E-state index < -0.39 is 5.91 Å². The Morgan fingerprint density at radius 3 is 2.80 bits per heavy atom. The second kappa shape index (κ2) is 7.51. The Hall–Kier alpha value is -2.06. The van der Waals surface area contributed by atoms with E-state index in [1.165, 1.54) is 13.3 Å². The van der Waals surface area contributed by atoms with Crippen molar-refractivity contribution in [1.82, 2.24) is 5.43 Å². The third kappa shape index (κ3) is 4.90. The van der Waals surface area contributed by atoms with Crippen molar-refractivity contribution in [3.05, 3.63) is 22.7 Å². The van der Waals surface area contributed by atoms with E-state index in [0.717, 1.165) is 0 Å². The van der Waals surface area contributed by atoms with Crippen LogP contribution in [0.1, 0.15) is 5.56 Å². The molecular weight excluding hydrogens is 304 g/mol. The number of halogens is 1. The highest BCUT2D eigenvalue weighted by Gasteiger charge is 2.12. The van der Waals surface area contributed by atoms with Crippen LogP contribution < -0.4 is 26.4 Å². The SMILES string of the molecule is COc1cc(C=NNC(N)=S)cc(Cl)c1OCC(N)=O. The summed E-state index contributed by atoms with van der Waals surface area (Å²) in [7, 11) is 1.44. The first kappa shape index (κ1) is 16.0. The van der Waals surface area contributed by atoms with Gasteiger partial charge in [0.25, 0.3) is 5.91 Å². The first-order chi connectivity index (χ1) is 9.43. The number of hydrogen-bond acceptors (Lipinski definition) is 5. The molecular formula is C11H13ClN4O3S. The van der Waals surface area contributed by atoms with E-state index in [1.807, 2.05) is 0 Å². The van der Waals surface area contributed by atoms with Gasteiger partial charge in [-0.3, -0.25) is 10.2 Å². The highest BCUT2D eigenvalue weighted by molar-refractivity contribution is 7.80. The van der Waals surface area contributed by atoms with Crippen LogP contribution in [-0.2, 0) is 4.79 Å². The maximum atomic E-state index is 10.7. The minimum atomic E-state index is -0.616. The van der Waals surface area contributed by atoms with Crippen LogP contribution in [0.15, 0.2) is 17.2 Å². The van der Waals surface area contributed by atoms with Gasteiger partial charge in [0.2, 0.25) is 0 Å². The monoisotopic (exact) mass is 316 g/mol. The molecule has 0 saturated heterocycles. The molecule has 5 N–H and O–H groups in total. The summed E-state index contributed by atoms with van der Waals surface area (Å²) in [5.74, 6) is -0.0441. The number of nitrogens with zero attached hydrogens (tertiary/aromatic N) is 1. The van der Waals surface area contributed by atoms with Gasteiger partial charge in [-0.05, 0) is 29.9 Å². The summed E-state index contributed by atoms with van der Waals surface area (Å²) in [6.45, 7) is -0.299. The number of carbonyl (C=O) groups is 1.